The molecule has 78 valence electrons. The molecule has 2 nitrogen and oxygen atoms in total. The fraction of sp³-hybridized carbons (Fsp3) is 0.154. The number of pyridine rings is 1. The minimum Gasteiger partial charge on any atom is -0.344 e. The maximum Gasteiger partial charge on any atom is 0.0733 e. The first kappa shape index (κ1) is 11.4. The maximum atomic E-state index is 4.41. The monoisotopic (exact) mass is 200 g/mol. The van der Waals surface area contributed by atoms with Gasteiger partial charge in [-0.1, -0.05) is 30.3 Å². The number of aromatic nitrogens is 1. The molecule has 0 bridgehead atoms. The van der Waals surface area contributed by atoms with Gasteiger partial charge in [-0.3, -0.25) is 4.98 Å². The third kappa shape index (κ3) is 2.22. The van der Waals surface area contributed by atoms with Gasteiger partial charge in [0.05, 0.1) is 5.69 Å². The smallest absolute Gasteiger partial charge is 0.0733 e. The number of rotatable bonds is 1. The van der Waals surface area contributed by atoms with Crippen LogP contribution in [-0.2, 0) is 0 Å². The second kappa shape index (κ2) is 4.71. The molecular formula is C13H16N2. The lowest BCUT2D eigenvalue weighted by Gasteiger charge is -2.06. The summed E-state index contributed by atoms with van der Waals surface area (Å²) in [4.78, 5) is 4.41. The number of aryl methyl sites for hydroxylation is 1. The zero-order valence-electron chi connectivity index (χ0n) is 9.20. The predicted molar refractivity (Wildman–Crippen MR) is 64.2 cm³/mol. The Morgan fingerprint density at radius 2 is 1.60 bits per heavy atom. The van der Waals surface area contributed by atoms with Crippen LogP contribution in [0.15, 0.2) is 42.6 Å². The summed E-state index contributed by atoms with van der Waals surface area (Å²) in [6, 6.07) is 12.3. The zero-order chi connectivity index (χ0) is 9.97. The Balaban J connectivity index is 0.00000112. The minimum absolute atomic E-state index is 0. The largest absolute Gasteiger partial charge is 0.344 e. The lowest BCUT2D eigenvalue weighted by Crippen LogP contribution is -1.90. The van der Waals surface area contributed by atoms with Crippen LogP contribution in [0.4, 0.5) is 0 Å². The van der Waals surface area contributed by atoms with Gasteiger partial charge in [0.25, 0.3) is 0 Å². The van der Waals surface area contributed by atoms with Gasteiger partial charge in [0, 0.05) is 11.8 Å². The average Bonchev–Trinajstić information content (AvgIpc) is 2.23. The van der Waals surface area contributed by atoms with Crippen molar-refractivity contribution in [3.63, 3.8) is 0 Å². The van der Waals surface area contributed by atoms with E-state index in [9.17, 15) is 0 Å². The molecule has 2 rings (SSSR count). The van der Waals surface area contributed by atoms with Crippen molar-refractivity contribution in [2.45, 2.75) is 13.8 Å². The average molecular weight is 200 g/mol. The van der Waals surface area contributed by atoms with Crippen LogP contribution in [0.5, 0.6) is 0 Å². The molecule has 0 aliphatic heterocycles. The molecule has 0 amide bonds. The third-order valence-corrected chi connectivity index (χ3v) is 2.52. The molecule has 1 heterocycles. The molecule has 0 unspecified atom stereocenters. The summed E-state index contributed by atoms with van der Waals surface area (Å²) in [5, 5.41) is 0. The number of benzene rings is 1. The first-order chi connectivity index (χ1) is 6.79. The summed E-state index contributed by atoms with van der Waals surface area (Å²) >= 11 is 0. The van der Waals surface area contributed by atoms with Gasteiger partial charge < -0.3 is 6.15 Å². The van der Waals surface area contributed by atoms with Gasteiger partial charge >= 0.3 is 0 Å². The van der Waals surface area contributed by atoms with Crippen molar-refractivity contribution in [1.29, 1.82) is 0 Å². The van der Waals surface area contributed by atoms with Gasteiger partial charge in [-0.05, 0) is 31.0 Å². The van der Waals surface area contributed by atoms with Crippen molar-refractivity contribution in [2.75, 3.05) is 0 Å². The van der Waals surface area contributed by atoms with E-state index >= 15 is 0 Å². The Morgan fingerprint density at radius 3 is 2.27 bits per heavy atom. The molecule has 1 aromatic heterocycles. The molecule has 2 heteroatoms. The predicted octanol–water partition coefficient (Wildman–Crippen LogP) is 3.53. The Labute approximate surface area is 90.6 Å². The van der Waals surface area contributed by atoms with Crippen LogP contribution < -0.4 is 6.15 Å². The van der Waals surface area contributed by atoms with Crippen LogP contribution in [0.1, 0.15) is 11.1 Å². The second-order valence-electron chi connectivity index (χ2n) is 3.47. The van der Waals surface area contributed by atoms with E-state index < -0.39 is 0 Å². The molecule has 0 aliphatic carbocycles. The van der Waals surface area contributed by atoms with Crippen molar-refractivity contribution in [3.8, 4) is 11.3 Å². The topological polar surface area (TPSA) is 47.9 Å². The van der Waals surface area contributed by atoms with E-state index in [4.69, 9.17) is 0 Å². The van der Waals surface area contributed by atoms with Gasteiger partial charge in [-0.2, -0.15) is 0 Å². The summed E-state index contributed by atoms with van der Waals surface area (Å²) < 4.78 is 0. The van der Waals surface area contributed by atoms with E-state index in [1.807, 2.05) is 30.5 Å². The highest BCUT2D eigenvalue weighted by Gasteiger charge is 2.03. The molecule has 3 N–H and O–H groups in total. The fourth-order valence-electron chi connectivity index (χ4n) is 1.52. The van der Waals surface area contributed by atoms with E-state index in [-0.39, 0.29) is 6.15 Å². The SMILES string of the molecule is Cc1ccnc(-c2ccccc2)c1C.N. The van der Waals surface area contributed by atoms with Crippen LogP contribution in [-0.4, -0.2) is 4.98 Å². The van der Waals surface area contributed by atoms with Gasteiger partial charge in [-0.15, -0.1) is 0 Å². The summed E-state index contributed by atoms with van der Waals surface area (Å²) in [7, 11) is 0. The van der Waals surface area contributed by atoms with E-state index in [0.717, 1.165) is 5.69 Å². The van der Waals surface area contributed by atoms with Crippen molar-refractivity contribution >= 4 is 0 Å². The Bertz CT molecular complexity index is 436. The molecule has 0 aliphatic rings. The van der Waals surface area contributed by atoms with E-state index in [1.165, 1.54) is 16.7 Å². The Hall–Kier alpha value is -1.67. The number of hydrogen-bond donors (Lipinski definition) is 1. The van der Waals surface area contributed by atoms with Crippen molar-refractivity contribution in [2.24, 2.45) is 0 Å². The summed E-state index contributed by atoms with van der Waals surface area (Å²) in [5.41, 5.74) is 4.83. The minimum atomic E-state index is 0. The Morgan fingerprint density at radius 1 is 0.933 bits per heavy atom. The zero-order valence-corrected chi connectivity index (χ0v) is 9.20. The lowest BCUT2D eigenvalue weighted by molar-refractivity contribution is 1.22. The normalized spacial score (nSPS) is 9.47. The number of nitrogens with zero attached hydrogens (tertiary/aromatic N) is 1. The highest BCUT2D eigenvalue weighted by molar-refractivity contribution is 5.63. The van der Waals surface area contributed by atoms with Crippen molar-refractivity contribution < 1.29 is 0 Å². The van der Waals surface area contributed by atoms with Crippen LogP contribution >= 0.6 is 0 Å². The highest BCUT2D eigenvalue weighted by Crippen LogP contribution is 2.21. The molecule has 0 spiro atoms. The van der Waals surface area contributed by atoms with Gasteiger partial charge in [-0.25, -0.2) is 0 Å². The van der Waals surface area contributed by atoms with Gasteiger partial charge in [0.1, 0.15) is 0 Å². The van der Waals surface area contributed by atoms with Gasteiger partial charge in [0.15, 0.2) is 0 Å². The summed E-state index contributed by atoms with van der Waals surface area (Å²) in [5.74, 6) is 0. The molecular weight excluding hydrogens is 184 g/mol. The van der Waals surface area contributed by atoms with E-state index in [1.54, 1.807) is 0 Å². The third-order valence-electron chi connectivity index (χ3n) is 2.52. The summed E-state index contributed by atoms with van der Waals surface area (Å²) in [6.45, 7) is 4.23. The first-order valence-electron chi connectivity index (χ1n) is 4.76. The van der Waals surface area contributed by atoms with Crippen LogP contribution in [0.3, 0.4) is 0 Å². The quantitative estimate of drug-likeness (QED) is 0.765. The standard InChI is InChI=1S/C13H13N.H3N/c1-10-8-9-14-13(11(10)2)12-6-4-3-5-7-12;/h3-9H,1-2H3;1H3. The molecule has 15 heavy (non-hydrogen) atoms. The molecule has 2 aromatic rings. The second-order valence-corrected chi connectivity index (χ2v) is 3.47. The molecule has 0 radical (unpaired) electrons. The first-order valence-corrected chi connectivity index (χ1v) is 4.76. The molecule has 0 atom stereocenters. The molecule has 0 saturated carbocycles. The van der Waals surface area contributed by atoms with Crippen LogP contribution in [0.2, 0.25) is 0 Å². The van der Waals surface area contributed by atoms with Gasteiger partial charge in [0.2, 0.25) is 0 Å². The van der Waals surface area contributed by atoms with E-state index in [2.05, 4.69) is 31.0 Å². The Kier molecular flexibility index (Phi) is 3.58. The van der Waals surface area contributed by atoms with Crippen LogP contribution in [0.25, 0.3) is 11.3 Å². The summed E-state index contributed by atoms with van der Waals surface area (Å²) in [6.07, 6.45) is 1.87. The molecule has 1 aromatic carbocycles. The fourth-order valence-corrected chi connectivity index (χ4v) is 1.52. The van der Waals surface area contributed by atoms with Crippen LogP contribution in [0, 0.1) is 13.8 Å². The maximum absolute atomic E-state index is 4.41. The van der Waals surface area contributed by atoms with Crippen molar-refractivity contribution in [1.82, 2.24) is 11.1 Å². The molecule has 0 saturated heterocycles. The number of hydrogen-bond acceptors (Lipinski definition) is 2. The lowest BCUT2D eigenvalue weighted by atomic mass is 10.0. The highest BCUT2D eigenvalue weighted by atomic mass is 14.7. The van der Waals surface area contributed by atoms with Crippen molar-refractivity contribution in [3.05, 3.63) is 53.7 Å². The molecule has 0 fully saturated rings. The van der Waals surface area contributed by atoms with E-state index in [0.29, 0.717) is 0 Å².